The first-order chi connectivity index (χ1) is 14.7. The molecule has 0 unspecified atom stereocenters. The number of aryl methyl sites for hydroxylation is 2. The Balaban J connectivity index is 1.43. The lowest BCUT2D eigenvalue weighted by molar-refractivity contribution is -0.142. The molecule has 0 saturated heterocycles. The Labute approximate surface area is 174 Å². The molecule has 1 aromatic carbocycles. The van der Waals surface area contributed by atoms with Gasteiger partial charge in [0, 0.05) is 23.5 Å². The zero-order valence-corrected chi connectivity index (χ0v) is 16.7. The third-order valence-electron chi connectivity index (χ3n) is 4.92. The van der Waals surface area contributed by atoms with E-state index in [1.807, 2.05) is 13.8 Å². The number of halogens is 3. The first-order valence-electron chi connectivity index (χ1n) is 9.41. The molecule has 4 aromatic rings. The van der Waals surface area contributed by atoms with Crippen LogP contribution in [0.3, 0.4) is 0 Å². The molecule has 160 valence electrons. The van der Waals surface area contributed by atoms with E-state index >= 15 is 0 Å². The van der Waals surface area contributed by atoms with Gasteiger partial charge in [0.05, 0.1) is 11.9 Å². The summed E-state index contributed by atoms with van der Waals surface area (Å²) in [6.07, 6.45) is -1.32. The minimum atomic E-state index is -4.51. The van der Waals surface area contributed by atoms with Crippen LogP contribution in [0.5, 0.6) is 0 Å². The highest BCUT2D eigenvalue weighted by molar-refractivity contribution is 5.90. The summed E-state index contributed by atoms with van der Waals surface area (Å²) in [5.74, 6) is 0.287. The van der Waals surface area contributed by atoms with Gasteiger partial charge in [-0.25, -0.2) is 14.2 Å². The van der Waals surface area contributed by atoms with E-state index in [0.717, 1.165) is 33.9 Å². The average Bonchev–Trinajstić information content (AvgIpc) is 3.37. The number of benzene rings is 1. The van der Waals surface area contributed by atoms with Gasteiger partial charge in [-0.05, 0) is 56.2 Å². The Morgan fingerprint density at radius 3 is 2.55 bits per heavy atom. The van der Waals surface area contributed by atoms with Crippen molar-refractivity contribution in [1.29, 1.82) is 0 Å². The van der Waals surface area contributed by atoms with Crippen LogP contribution in [-0.4, -0.2) is 35.3 Å². The summed E-state index contributed by atoms with van der Waals surface area (Å²) in [5, 5.41) is 10.6. The van der Waals surface area contributed by atoms with Crippen molar-refractivity contribution in [2.24, 2.45) is 0 Å². The van der Waals surface area contributed by atoms with Gasteiger partial charge in [-0.2, -0.15) is 28.4 Å². The number of nitrogens with one attached hydrogen (secondary N) is 1. The van der Waals surface area contributed by atoms with Crippen molar-refractivity contribution in [1.82, 2.24) is 29.4 Å². The van der Waals surface area contributed by atoms with Crippen LogP contribution in [0, 0.1) is 13.8 Å². The van der Waals surface area contributed by atoms with Crippen LogP contribution in [0.1, 0.15) is 29.1 Å². The zero-order valence-electron chi connectivity index (χ0n) is 16.7. The molecule has 3 aromatic heterocycles. The van der Waals surface area contributed by atoms with Crippen molar-refractivity contribution in [2.75, 3.05) is 5.32 Å². The number of anilines is 1. The monoisotopic (exact) mass is 429 g/mol. The Hall–Kier alpha value is -3.76. The fourth-order valence-corrected chi connectivity index (χ4v) is 3.39. The molecule has 8 nitrogen and oxygen atoms in total. The van der Waals surface area contributed by atoms with Crippen molar-refractivity contribution in [2.45, 2.75) is 32.9 Å². The molecule has 0 aliphatic heterocycles. The molecule has 0 saturated carbocycles. The molecule has 0 fully saturated rings. The summed E-state index contributed by atoms with van der Waals surface area (Å²) in [6.45, 7) is 3.75. The summed E-state index contributed by atoms with van der Waals surface area (Å²) in [6, 6.07) is 6.91. The molecule has 0 spiro atoms. The predicted octanol–water partition coefficient (Wildman–Crippen LogP) is 3.52. The molecule has 4 rings (SSSR count). The Morgan fingerprint density at radius 2 is 1.84 bits per heavy atom. The molecular weight excluding hydrogens is 411 g/mol. The Bertz CT molecular complexity index is 1240. The highest BCUT2D eigenvalue weighted by Gasteiger charge is 2.35. The van der Waals surface area contributed by atoms with Crippen LogP contribution >= 0.6 is 0 Å². The van der Waals surface area contributed by atoms with Gasteiger partial charge >= 0.3 is 6.18 Å². The topological polar surface area (TPSA) is 90.0 Å². The van der Waals surface area contributed by atoms with E-state index in [1.54, 1.807) is 4.52 Å². The number of carbonyl (C=O) groups excluding carboxylic acids is 1. The minimum absolute atomic E-state index is 0.211. The molecule has 0 bridgehead atoms. The lowest BCUT2D eigenvalue weighted by Crippen LogP contribution is -2.15. The van der Waals surface area contributed by atoms with Crippen molar-refractivity contribution >= 4 is 17.4 Å². The highest BCUT2D eigenvalue weighted by atomic mass is 19.4. The van der Waals surface area contributed by atoms with Crippen molar-refractivity contribution in [3.8, 4) is 5.69 Å². The van der Waals surface area contributed by atoms with Crippen LogP contribution in [-0.2, 0) is 17.4 Å². The second kappa shape index (κ2) is 7.82. The zero-order chi connectivity index (χ0) is 22.2. The Morgan fingerprint density at radius 1 is 1.10 bits per heavy atom. The van der Waals surface area contributed by atoms with E-state index in [1.165, 1.54) is 30.6 Å². The fraction of sp³-hybridized carbons (Fsp3) is 0.250. The van der Waals surface area contributed by atoms with Crippen LogP contribution < -0.4 is 5.32 Å². The molecule has 31 heavy (non-hydrogen) atoms. The molecular formula is C20H18F3N7O. The van der Waals surface area contributed by atoms with Gasteiger partial charge in [-0.1, -0.05) is 0 Å². The van der Waals surface area contributed by atoms with Crippen LogP contribution in [0.25, 0.3) is 11.5 Å². The quantitative estimate of drug-likeness (QED) is 0.524. The molecule has 0 aliphatic carbocycles. The fourth-order valence-electron chi connectivity index (χ4n) is 3.39. The average molecular weight is 429 g/mol. The van der Waals surface area contributed by atoms with Gasteiger partial charge < -0.3 is 5.32 Å². The smallest absolute Gasteiger partial charge is 0.326 e. The SMILES string of the molecule is Cc1nc2ncnn2c(C)c1CCC(=O)Nc1ccc(-n2nccc2C(F)(F)F)cc1. The number of amides is 1. The van der Waals surface area contributed by atoms with E-state index in [4.69, 9.17) is 0 Å². The Kier molecular flexibility index (Phi) is 5.17. The molecule has 3 heterocycles. The van der Waals surface area contributed by atoms with Gasteiger partial charge in [-0.15, -0.1) is 0 Å². The third kappa shape index (κ3) is 4.11. The number of hydrogen-bond donors (Lipinski definition) is 1. The highest BCUT2D eigenvalue weighted by Crippen LogP contribution is 2.30. The summed E-state index contributed by atoms with van der Waals surface area (Å²) >= 11 is 0. The summed E-state index contributed by atoms with van der Waals surface area (Å²) < 4.78 is 41.5. The largest absolute Gasteiger partial charge is 0.433 e. The number of fused-ring (bicyclic) bond motifs is 1. The first-order valence-corrected chi connectivity index (χ1v) is 9.41. The van der Waals surface area contributed by atoms with Gasteiger partial charge in [0.25, 0.3) is 5.78 Å². The van der Waals surface area contributed by atoms with Crippen molar-refractivity contribution < 1.29 is 18.0 Å². The van der Waals surface area contributed by atoms with Gasteiger partial charge in [-0.3, -0.25) is 4.79 Å². The maximum absolute atomic E-state index is 13.0. The minimum Gasteiger partial charge on any atom is -0.326 e. The number of hydrogen-bond acceptors (Lipinski definition) is 5. The van der Waals surface area contributed by atoms with E-state index in [-0.39, 0.29) is 18.0 Å². The van der Waals surface area contributed by atoms with Crippen LogP contribution in [0.15, 0.2) is 42.9 Å². The first kappa shape index (κ1) is 20.5. The molecule has 1 amide bonds. The lowest BCUT2D eigenvalue weighted by atomic mass is 10.1. The predicted molar refractivity (Wildman–Crippen MR) is 106 cm³/mol. The number of carbonyl (C=O) groups is 1. The van der Waals surface area contributed by atoms with Crippen LogP contribution in [0.2, 0.25) is 0 Å². The van der Waals surface area contributed by atoms with E-state index in [2.05, 4.69) is 25.5 Å². The number of rotatable bonds is 5. The van der Waals surface area contributed by atoms with Crippen molar-refractivity contribution in [3.63, 3.8) is 0 Å². The standard InChI is InChI=1S/C20H18F3N7O/c1-12-16(13(2)29-19(27-12)24-11-26-29)7-8-18(31)28-14-3-5-15(6-4-14)30-17(9-10-25-30)20(21,22)23/h3-6,9-11H,7-8H2,1-2H3,(H,28,31). The maximum Gasteiger partial charge on any atom is 0.433 e. The molecule has 0 atom stereocenters. The molecule has 11 heteroatoms. The van der Waals surface area contributed by atoms with Gasteiger partial charge in [0.15, 0.2) is 0 Å². The number of aromatic nitrogens is 6. The normalized spacial score (nSPS) is 11.8. The van der Waals surface area contributed by atoms with E-state index in [9.17, 15) is 18.0 Å². The van der Waals surface area contributed by atoms with Gasteiger partial charge in [0.1, 0.15) is 12.0 Å². The molecule has 0 aliphatic rings. The second-order valence-electron chi connectivity index (χ2n) is 6.95. The van der Waals surface area contributed by atoms with Gasteiger partial charge in [0.2, 0.25) is 5.91 Å². The summed E-state index contributed by atoms with van der Waals surface area (Å²) in [4.78, 5) is 20.8. The summed E-state index contributed by atoms with van der Waals surface area (Å²) in [5.41, 5.74) is 2.43. The molecule has 1 N–H and O–H groups in total. The number of alkyl halides is 3. The maximum atomic E-state index is 13.0. The third-order valence-corrected chi connectivity index (χ3v) is 4.92. The lowest BCUT2D eigenvalue weighted by Gasteiger charge is -2.12. The van der Waals surface area contributed by atoms with E-state index < -0.39 is 11.9 Å². The van der Waals surface area contributed by atoms with E-state index in [0.29, 0.717) is 17.9 Å². The second-order valence-corrected chi connectivity index (χ2v) is 6.95. The summed E-state index contributed by atoms with van der Waals surface area (Å²) in [7, 11) is 0. The van der Waals surface area contributed by atoms with Crippen molar-refractivity contribution in [3.05, 3.63) is 65.5 Å². The van der Waals surface area contributed by atoms with Crippen LogP contribution in [0.4, 0.5) is 18.9 Å². The number of nitrogens with zero attached hydrogens (tertiary/aromatic N) is 6. The molecule has 0 radical (unpaired) electrons.